The minimum Gasteiger partial charge on any atom is -0.387 e. The second-order valence-corrected chi connectivity index (χ2v) is 5.95. The zero-order chi connectivity index (χ0) is 16.8. The van der Waals surface area contributed by atoms with Crippen molar-refractivity contribution in [1.82, 2.24) is 15.5 Å². The summed E-state index contributed by atoms with van der Waals surface area (Å²) >= 11 is 6.00. The molecule has 0 saturated heterocycles. The van der Waals surface area contributed by atoms with E-state index in [1.165, 1.54) is 0 Å². The average Bonchev–Trinajstić information content (AvgIpc) is 3.00. The smallest absolute Gasteiger partial charge is 0.227 e. The number of benzene rings is 1. The molecule has 1 amide bonds. The van der Waals surface area contributed by atoms with E-state index in [0.717, 1.165) is 0 Å². The average molecular weight is 338 g/mol. The van der Waals surface area contributed by atoms with Crippen LogP contribution in [0.3, 0.4) is 0 Å². The van der Waals surface area contributed by atoms with Crippen molar-refractivity contribution in [3.05, 3.63) is 46.6 Å². The first-order valence-electron chi connectivity index (χ1n) is 7.49. The molecule has 1 atom stereocenters. The number of aromatic nitrogens is 2. The largest absolute Gasteiger partial charge is 0.387 e. The third-order valence-electron chi connectivity index (χ3n) is 3.32. The van der Waals surface area contributed by atoms with Crippen LogP contribution in [-0.4, -0.2) is 27.7 Å². The molecular weight excluding hydrogens is 318 g/mol. The first-order chi connectivity index (χ1) is 11.0. The van der Waals surface area contributed by atoms with Crippen LogP contribution in [0.1, 0.15) is 49.6 Å². The van der Waals surface area contributed by atoms with Crippen LogP contribution < -0.4 is 5.32 Å². The second kappa shape index (κ2) is 8.08. The van der Waals surface area contributed by atoms with Crippen LogP contribution >= 0.6 is 11.6 Å². The van der Waals surface area contributed by atoms with Gasteiger partial charge in [0, 0.05) is 35.9 Å². The van der Waals surface area contributed by atoms with Gasteiger partial charge >= 0.3 is 0 Å². The molecule has 124 valence electrons. The van der Waals surface area contributed by atoms with Crippen molar-refractivity contribution in [2.75, 3.05) is 6.54 Å². The predicted molar refractivity (Wildman–Crippen MR) is 86.1 cm³/mol. The van der Waals surface area contributed by atoms with Gasteiger partial charge in [0.2, 0.25) is 11.8 Å². The summed E-state index contributed by atoms with van der Waals surface area (Å²) in [5.41, 5.74) is 0.591. The highest BCUT2D eigenvalue weighted by molar-refractivity contribution is 6.31. The molecule has 0 aliphatic rings. The molecular formula is C16H20ClN3O3. The number of hydrogen-bond donors (Lipinski definition) is 2. The number of aliphatic hydroxyl groups excluding tert-OH is 1. The molecule has 7 heteroatoms. The topological polar surface area (TPSA) is 88.2 Å². The minimum atomic E-state index is -0.844. The van der Waals surface area contributed by atoms with Crippen molar-refractivity contribution in [2.24, 2.45) is 0 Å². The van der Waals surface area contributed by atoms with E-state index < -0.39 is 6.10 Å². The van der Waals surface area contributed by atoms with E-state index in [2.05, 4.69) is 15.5 Å². The van der Waals surface area contributed by atoms with Crippen molar-refractivity contribution >= 4 is 17.5 Å². The Kier molecular flexibility index (Phi) is 6.12. The lowest BCUT2D eigenvalue weighted by atomic mass is 10.1. The van der Waals surface area contributed by atoms with Gasteiger partial charge in [0.25, 0.3) is 0 Å². The number of nitrogens with one attached hydrogen (secondary N) is 1. The molecule has 1 aromatic carbocycles. The molecule has 0 aliphatic carbocycles. The highest BCUT2D eigenvalue weighted by atomic mass is 35.5. The molecule has 1 heterocycles. The fourth-order valence-electron chi connectivity index (χ4n) is 1.98. The fraction of sp³-hybridized carbons (Fsp3) is 0.438. The molecule has 0 radical (unpaired) electrons. The summed E-state index contributed by atoms with van der Waals surface area (Å²) in [5.74, 6) is 1.07. The highest BCUT2D eigenvalue weighted by Crippen LogP contribution is 2.21. The molecule has 0 spiro atoms. The number of hydrogen-bond acceptors (Lipinski definition) is 5. The first-order valence-corrected chi connectivity index (χ1v) is 7.87. The summed E-state index contributed by atoms with van der Waals surface area (Å²) < 4.78 is 5.08. The van der Waals surface area contributed by atoms with E-state index in [9.17, 15) is 9.90 Å². The summed E-state index contributed by atoms with van der Waals surface area (Å²) in [4.78, 5) is 16.0. The van der Waals surface area contributed by atoms with Gasteiger partial charge in [-0.1, -0.05) is 48.8 Å². The minimum absolute atomic E-state index is 0.101. The summed E-state index contributed by atoms with van der Waals surface area (Å²) in [6, 6.07) is 7.00. The van der Waals surface area contributed by atoms with E-state index in [4.69, 9.17) is 16.1 Å². The number of aliphatic hydroxyl groups is 1. The molecule has 6 nitrogen and oxygen atoms in total. The summed E-state index contributed by atoms with van der Waals surface area (Å²) in [7, 11) is 0. The number of carbonyl (C=O) groups is 1. The van der Waals surface area contributed by atoms with Crippen molar-refractivity contribution in [1.29, 1.82) is 0 Å². The number of aryl methyl sites for hydroxylation is 1. The normalized spacial score (nSPS) is 12.4. The monoisotopic (exact) mass is 337 g/mol. The van der Waals surface area contributed by atoms with Gasteiger partial charge < -0.3 is 14.9 Å². The molecule has 2 aromatic rings. The van der Waals surface area contributed by atoms with Gasteiger partial charge in [0.1, 0.15) is 0 Å². The Hall–Kier alpha value is -1.92. The number of halogens is 1. The van der Waals surface area contributed by atoms with Gasteiger partial charge in [-0.05, 0) is 6.07 Å². The number of nitrogens with zero attached hydrogens (tertiary/aromatic N) is 2. The third-order valence-corrected chi connectivity index (χ3v) is 3.67. The molecule has 1 aromatic heterocycles. The van der Waals surface area contributed by atoms with Gasteiger partial charge in [0.15, 0.2) is 5.82 Å². The maximum atomic E-state index is 11.8. The number of amides is 1. The van der Waals surface area contributed by atoms with Crippen LogP contribution in [0, 0.1) is 0 Å². The lowest BCUT2D eigenvalue weighted by Gasteiger charge is -2.13. The Labute approximate surface area is 139 Å². The van der Waals surface area contributed by atoms with Crippen LogP contribution in [0.5, 0.6) is 0 Å². The third kappa shape index (κ3) is 5.04. The molecule has 2 N–H and O–H groups in total. The highest BCUT2D eigenvalue weighted by Gasteiger charge is 2.14. The number of rotatable bonds is 7. The van der Waals surface area contributed by atoms with Gasteiger partial charge in [0.05, 0.1) is 6.10 Å². The second-order valence-electron chi connectivity index (χ2n) is 5.54. The zero-order valence-corrected chi connectivity index (χ0v) is 13.9. The van der Waals surface area contributed by atoms with Crippen LogP contribution in [0.25, 0.3) is 0 Å². The van der Waals surface area contributed by atoms with Crippen LogP contribution in [0.4, 0.5) is 0 Å². The summed E-state index contributed by atoms with van der Waals surface area (Å²) in [6.45, 7) is 4.04. The molecule has 23 heavy (non-hydrogen) atoms. The van der Waals surface area contributed by atoms with Crippen molar-refractivity contribution in [2.45, 2.75) is 38.7 Å². The molecule has 2 rings (SSSR count). The zero-order valence-electron chi connectivity index (χ0n) is 13.1. The van der Waals surface area contributed by atoms with E-state index in [-0.39, 0.29) is 24.8 Å². The summed E-state index contributed by atoms with van der Waals surface area (Å²) in [5, 5.41) is 17.0. The molecule has 0 fully saturated rings. The Morgan fingerprint density at radius 3 is 2.78 bits per heavy atom. The SMILES string of the molecule is CC(C)c1noc(CCC(=O)NCC(O)c2ccccc2Cl)n1. The van der Waals surface area contributed by atoms with Crippen LogP contribution in [0.2, 0.25) is 5.02 Å². The Morgan fingerprint density at radius 2 is 2.13 bits per heavy atom. The van der Waals surface area contributed by atoms with Crippen molar-refractivity contribution in [3.8, 4) is 0 Å². The van der Waals surface area contributed by atoms with E-state index in [1.807, 2.05) is 13.8 Å². The van der Waals surface area contributed by atoms with Crippen molar-refractivity contribution in [3.63, 3.8) is 0 Å². The van der Waals surface area contributed by atoms with Gasteiger partial charge in [-0.25, -0.2) is 0 Å². The van der Waals surface area contributed by atoms with Gasteiger partial charge in [-0.15, -0.1) is 0 Å². The lowest BCUT2D eigenvalue weighted by Crippen LogP contribution is -2.28. The van der Waals surface area contributed by atoms with Crippen LogP contribution in [-0.2, 0) is 11.2 Å². The Morgan fingerprint density at radius 1 is 1.39 bits per heavy atom. The maximum absolute atomic E-state index is 11.8. The number of carbonyl (C=O) groups excluding carboxylic acids is 1. The quantitative estimate of drug-likeness (QED) is 0.810. The van der Waals surface area contributed by atoms with E-state index in [1.54, 1.807) is 24.3 Å². The Balaban J connectivity index is 1.77. The molecule has 0 saturated carbocycles. The lowest BCUT2D eigenvalue weighted by molar-refractivity contribution is -0.121. The maximum Gasteiger partial charge on any atom is 0.227 e. The van der Waals surface area contributed by atoms with Crippen molar-refractivity contribution < 1.29 is 14.4 Å². The Bertz CT molecular complexity index is 658. The van der Waals surface area contributed by atoms with E-state index >= 15 is 0 Å². The van der Waals surface area contributed by atoms with Crippen LogP contribution in [0.15, 0.2) is 28.8 Å². The molecule has 1 unspecified atom stereocenters. The molecule has 0 aliphatic heterocycles. The summed E-state index contributed by atoms with van der Waals surface area (Å²) in [6.07, 6.45) is -0.258. The standard InChI is InChI=1S/C16H20ClN3O3/c1-10(2)16-19-15(23-20-16)8-7-14(22)18-9-13(21)11-5-3-4-6-12(11)17/h3-6,10,13,21H,7-9H2,1-2H3,(H,18,22). The fourth-order valence-corrected chi connectivity index (χ4v) is 2.24. The van der Waals surface area contributed by atoms with E-state index in [0.29, 0.717) is 28.7 Å². The first kappa shape index (κ1) is 17.4. The van der Waals surface area contributed by atoms with Gasteiger partial charge in [-0.2, -0.15) is 4.98 Å². The van der Waals surface area contributed by atoms with Gasteiger partial charge in [-0.3, -0.25) is 4.79 Å². The molecule has 0 bridgehead atoms. The predicted octanol–water partition coefficient (Wildman–Crippen LogP) is 2.63.